The Bertz CT molecular complexity index is 674. The first-order chi connectivity index (χ1) is 11.8. The van der Waals surface area contributed by atoms with Crippen LogP contribution < -0.4 is 5.32 Å². The predicted octanol–water partition coefficient (Wildman–Crippen LogP) is 2.92. The number of carboxylic acids is 1. The van der Waals surface area contributed by atoms with Crippen molar-refractivity contribution < 1.29 is 19.4 Å². The lowest BCUT2D eigenvalue weighted by Crippen LogP contribution is -2.47. The summed E-state index contributed by atoms with van der Waals surface area (Å²) in [5.74, 6) is -0.566. The summed E-state index contributed by atoms with van der Waals surface area (Å²) in [4.78, 5) is 25.4. The van der Waals surface area contributed by atoms with Crippen LogP contribution in [0.15, 0.2) is 54.4 Å². The highest BCUT2D eigenvalue weighted by molar-refractivity contribution is 5.75. The van der Waals surface area contributed by atoms with Crippen LogP contribution >= 0.6 is 0 Å². The highest BCUT2D eigenvalue weighted by Crippen LogP contribution is 2.16. The highest BCUT2D eigenvalue weighted by Gasteiger charge is 2.28. The Labute approximate surface area is 147 Å². The number of amides is 1. The van der Waals surface area contributed by atoms with E-state index in [1.165, 1.54) is 4.90 Å². The molecule has 1 aromatic rings. The third kappa shape index (κ3) is 5.67. The molecule has 0 fully saturated rings. The van der Waals surface area contributed by atoms with Gasteiger partial charge in [0.2, 0.25) is 0 Å². The van der Waals surface area contributed by atoms with Crippen molar-refractivity contribution in [1.82, 2.24) is 10.2 Å². The maximum Gasteiger partial charge on any atom is 0.416 e. The molecule has 1 aliphatic heterocycles. The first-order valence-electron chi connectivity index (χ1n) is 8.17. The monoisotopic (exact) mass is 344 g/mol. The largest absolute Gasteiger partial charge is 0.480 e. The minimum Gasteiger partial charge on any atom is -0.480 e. The van der Waals surface area contributed by atoms with Gasteiger partial charge in [0, 0.05) is 13.0 Å². The number of nitrogens with zero attached hydrogens (tertiary/aromatic N) is 1. The predicted molar refractivity (Wildman–Crippen MR) is 94.9 cm³/mol. The molecule has 0 aromatic heterocycles. The minimum atomic E-state index is -0.983. The standard InChI is InChI=1S/C19H24N2O4/c1-19(2,3)25-18(24)21-12-8-7-11-16(21)20-15(17(22)23)13-14-9-5-4-6-10-14/h4-11,15,20H,12-13H2,1-3H3,(H,22,23)/t15-/m1/s1. The van der Waals surface area contributed by atoms with Crippen molar-refractivity contribution in [3.8, 4) is 0 Å². The van der Waals surface area contributed by atoms with Crippen LogP contribution in [0.1, 0.15) is 26.3 Å². The Morgan fingerprint density at radius 3 is 2.56 bits per heavy atom. The Hall–Kier alpha value is -2.76. The molecule has 0 spiro atoms. The van der Waals surface area contributed by atoms with Crippen molar-refractivity contribution >= 4 is 12.1 Å². The fourth-order valence-corrected chi connectivity index (χ4v) is 2.36. The number of ether oxygens (including phenoxy) is 1. The Balaban J connectivity index is 2.12. The van der Waals surface area contributed by atoms with Crippen LogP contribution in [0.25, 0.3) is 0 Å². The summed E-state index contributed by atoms with van der Waals surface area (Å²) >= 11 is 0. The van der Waals surface area contributed by atoms with Gasteiger partial charge in [0.1, 0.15) is 17.5 Å². The van der Waals surface area contributed by atoms with Gasteiger partial charge in [-0.05, 0) is 32.4 Å². The number of hydrogen-bond acceptors (Lipinski definition) is 4. The summed E-state index contributed by atoms with van der Waals surface area (Å²) in [5.41, 5.74) is 0.276. The van der Waals surface area contributed by atoms with Crippen LogP contribution in [0.5, 0.6) is 0 Å². The average Bonchev–Trinajstić information content (AvgIpc) is 2.54. The SMILES string of the molecule is CC(C)(C)OC(=O)N1CC=CC=C1N[C@H](Cc1ccccc1)C(=O)O. The van der Waals surface area contributed by atoms with Crippen molar-refractivity contribution in [2.75, 3.05) is 6.54 Å². The van der Waals surface area contributed by atoms with Crippen LogP contribution in [-0.2, 0) is 16.0 Å². The van der Waals surface area contributed by atoms with Gasteiger partial charge in [-0.25, -0.2) is 9.59 Å². The number of nitrogens with one attached hydrogen (secondary N) is 1. The van der Waals surface area contributed by atoms with E-state index in [2.05, 4.69) is 5.32 Å². The van der Waals surface area contributed by atoms with Crippen LogP contribution in [0.2, 0.25) is 0 Å². The molecule has 1 heterocycles. The van der Waals surface area contributed by atoms with E-state index in [0.29, 0.717) is 18.8 Å². The summed E-state index contributed by atoms with van der Waals surface area (Å²) in [5, 5.41) is 12.5. The lowest BCUT2D eigenvalue weighted by Gasteiger charge is -2.31. The molecular weight excluding hydrogens is 320 g/mol. The van der Waals surface area contributed by atoms with E-state index >= 15 is 0 Å². The number of benzene rings is 1. The molecule has 134 valence electrons. The molecule has 1 amide bonds. The summed E-state index contributed by atoms with van der Waals surface area (Å²) in [6.45, 7) is 5.69. The number of aliphatic carboxylic acids is 1. The summed E-state index contributed by atoms with van der Waals surface area (Å²) < 4.78 is 5.39. The number of carbonyl (C=O) groups is 2. The van der Waals surface area contributed by atoms with E-state index in [4.69, 9.17) is 4.74 Å². The van der Waals surface area contributed by atoms with Gasteiger partial charge < -0.3 is 15.2 Å². The zero-order valence-corrected chi connectivity index (χ0v) is 14.7. The summed E-state index contributed by atoms with van der Waals surface area (Å²) in [7, 11) is 0. The zero-order valence-electron chi connectivity index (χ0n) is 14.7. The zero-order chi connectivity index (χ0) is 18.4. The second-order valence-electron chi connectivity index (χ2n) is 6.80. The molecule has 6 heteroatoms. The molecule has 1 aromatic carbocycles. The molecule has 0 unspecified atom stereocenters. The topological polar surface area (TPSA) is 78.9 Å². The van der Waals surface area contributed by atoms with Gasteiger partial charge in [0.05, 0.1) is 0 Å². The van der Waals surface area contributed by atoms with Crippen molar-refractivity contribution in [3.63, 3.8) is 0 Å². The molecule has 6 nitrogen and oxygen atoms in total. The maximum atomic E-state index is 12.4. The van der Waals surface area contributed by atoms with Crippen molar-refractivity contribution in [3.05, 3.63) is 59.9 Å². The Morgan fingerprint density at radius 1 is 1.28 bits per heavy atom. The smallest absolute Gasteiger partial charge is 0.416 e. The van der Waals surface area contributed by atoms with Crippen molar-refractivity contribution in [2.24, 2.45) is 0 Å². The van der Waals surface area contributed by atoms with E-state index in [0.717, 1.165) is 5.56 Å². The van der Waals surface area contributed by atoms with Gasteiger partial charge >= 0.3 is 12.1 Å². The van der Waals surface area contributed by atoms with Gasteiger partial charge in [0.25, 0.3) is 0 Å². The van der Waals surface area contributed by atoms with Gasteiger partial charge in [-0.1, -0.05) is 42.5 Å². The average molecular weight is 344 g/mol. The Kier molecular flexibility index (Phi) is 5.85. The minimum absolute atomic E-state index is 0.305. The van der Waals surface area contributed by atoms with E-state index in [9.17, 15) is 14.7 Å². The second kappa shape index (κ2) is 7.88. The van der Waals surface area contributed by atoms with Gasteiger partial charge in [0.15, 0.2) is 0 Å². The van der Waals surface area contributed by atoms with Crippen molar-refractivity contribution in [1.29, 1.82) is 0 Å². The quantitative estimate of drug-likeness (QED) is 0.859. The molecule has 1 atom stereocenters. The van der Waals surface area contributed by atoms with Crippen molar-refractivity contribution in [2.45, 2.75) is 38.8 Å². The third-order valence-corrected chi connectivity index (χ3v) is 3.49. The number of rotatable bonds is 5. The number of carbonyl (C=O) groups excluding carboxylic acids is 1. The van der Waals surface area contributed by atoms with E-state index < -0.39 is 23.7 Å². The third-order valence-electron chi connectivity index (χ3n) is 3.49. The highest BCUT2D eigenvalue weighted by atomic mass is 16.6. The summed E-state index contributed by atoms with van der Waals surface area (Å²) in [6, 6.07) is 8.50. The van der Waals surface area contributed by atoms with E-state index in [1.807, 2.05) is 36.4 Å². The fourth-order valence-electron chi connectivity index (χ4n) is 2.36. The van der Waals surface area contributed by atoms with Crippen LogP contribution in [-0.4, -0.2) is 40.3 Å². The van der Waals surface area contributed by atoms with Gasteiger partial charge in [-0.2, -0.15) is 0 Å². The summed E-state index contributed by atoms with van der Waals surface area (Å²) in [6.07, 6.45) is 5.06. The van der Waals surface area contributed by atoms with Crippen LogP contribution in [0.3, 0.4) is 0 Å². The number of hydrogen-bond donors (Lipinski definition) is 2. The number of carboxylic acid groups (broad SMARTS) is 1. The lowest BCUT2D eigenvalue weighted by molar-refractivity contribution is -0.139. The molecule has 0 saturated carbocycles. The van der Waals surface area contributed by atoms with Crippen LogP contribution in [0, 0.1) is 0 Å². The second-order valence-corrected chi connectivity index (χ2v) is 6.80. The molecule has 0 radical (unpaired) electrons. The molecule has 0 aliphatic carbocycles. The van der Waals surface area contributed by atoms with E-state index in [-0.39, 0.29) is 0 Å². The van der Waals surface area contributed by atoms with E-state index in [1.54, 1.807) is 32.9 Å². The molecule has 0 bridgehead atoms. The fraction of sp³-hybridized carbons (Fsp3) is 0.368. The molecular formula is C19H24N2O4. The molecule has 1 aliphatic rings. The molecule has 25 heavy (non-hydrogen) atoms. The molecule has 2 N–H and O–H groups in total. The Morgan fingerprint density at radius 2 is 1.96 bits per heavy atom. The first kappa shape index (κ1) is 18.6. The lowest BCUT2D eigenvalue weighted by atomic mass is 10.1. The number of allylic oxidation sites excluding steroid dienone is 2. The van der Waals surface area contributed by atoms with Gasteiger partial charge in [-0.15, -0.1) is 0 Å². The van der Waals surface area contributed by atoms with Gasteiger partial charge in [-0.3, -0.25) is 4.90 Å². The van der Waals surface area contributed by atoms with Crippen LogP contribution in [0.4, 0.5) is 4.79 Å². The molecule has 2 rings (SSSR count). The molecule has 0 saturated heterocycles. The normalized spacial score (nSPS) is 15.3. The maximum absolute atomic E-state index is 12.4. The first-order valence-corrected chi connectivity index (χ1v) is 8.17.